The first-order valence-corrected chi connectivity index (χ1v) is 6.65. The molecule has 1 aromatic carbocycles. The summed E-state index contributed by atoms with van der Waals surface area (Å²) in [5, 5.41) is 12.8. The van der Waals surface area contributed by atoms with E-state index in [-0.39, 0.29) is 5.41 Å². The minimum absolute atomic E-state index is 0.176. The molecular formula is C15H23NO2. The Morgan fingerprint density at radius 2 is 2.11 bits per heavy atom. The average Bonchev–Trinajstić information content (AvgIpc) is 3.18. The van der Waals surface area contributed by atoms with E-state index in [0.29, 0.717) is 12.6 Å². The first kappa shape index (κ1) is 13.4. The molecule has 1 saturated carbocycles. The molecular weight excluding hydrogens is 226 g/mol. The third-order valence-corrected chi connectivity index (χ3v) is 3.84. The molecule has 0 aliphatic heterocycles. The van der Waals surface area contributed by atoms with E-state index in [9.17, 15) is 5.11 Å². The third kappa shape index (κ3) is 3.24. The zero-order valence-electron chi connectivity index (χ0n) is 11.3. The zero-order chi connectivity index (χ0) is 13.0. The molecule has 1 aliphatic rings. The Balaban J connectivity index is 1.85. The quantitative estimate of drug-likeness (QED) is 0.776. The van der Waals surface area contributed by atoms with Gasteiger partial charge in [-0.1, -0.05) is 18.2 Å². The van der Waals surface area contributed by atoms with Gasteiger partial charge >= 0.3 is 0 Å². The highest BCUT2D eigenvalue weighted by atomic mass is 16.5. The fraction of sp³-hybridized carbons (Fsp3) is 0.600. The molecule has 1 aliphatic carbocycles. The molecule has 0 amide bonds. The molecule has 3 nitrogen and oxygen atoms in total. The number of hydrogen-bond acceptors (Lipinski definition) is 3. The predicted molar refractivity (Wildman–Crippen MR) is 72.9 cm³/mol. The monoisotopic (exact) mass is 249 g/mol. The number of aliphatic hydroxyl groups is 1. The number of aliphatic hydroxyl groups excluding tert-OH is 1. The second-order valence-corrected chi connectivity index (χ2v) is 5.46. The van der Waals surface area contributed by atoms with Crippen molar-refractivity contribution >= 4 is 0 Å². The lowest BCUT2D eigenvalue weighted by Gasteiger charge is -2.19. The maximum atomic E-state index is 9.28. The fourth-order valence-electron chi connectivity index (χ4n) is 2.23. The van der Waals surface area contributed by atoms with Gasteiger partial charge in [-0.15, -0.1) is 0 Å². The number of hydrogen-bond donors (Lipinski definition) is 2. The van der Waals surface area contributed by atoms with Crippen molar-refractivity contribution in [2.75, 3.05) is 20.3 Å². The van der Waals surface area contributed by atoms with Gasteiger partial charge < -0.3 is 15.2 Å². The summed E-state index contributed by atoms with van der Waals surface area (Å²) < 4.78 is 5.36. The minimum Gasteiger partial charge on any atom is -0.496 e. The molecule has 1 unspecified atom stereocenters. The van der Waals surface area contributed by atoms with Gasteiger partial charge in [0.1, 0.15) is 5.75 Å². The minimum atomic E-state index is 0.176. The van der Waals surface area contributed by atoms with E-state index in [0.717, 1.165) is 31.6 Å². The Hall–Kier alpha value is -1.06. The van der Waals surface area contributed by atoms with Gasteiger partial charge in [0.2, 0.25) is 0 Å². The summed E-state index contributed by atoms with van der Waals surface area (Å²) in [4.78, 5) is 0. The summed E-state index contributed by atoms with van der Waals surface area (Å²) in [6.07, 6.45) is 3.25. The van der Waals surface area contributed by atoms with E-state index in [1.165, 1.54) is 5.56 Å². The molecule has 0 aromatic heterocycles. The van der Waals surface area contributed by atoms with Crippen LogP contribution in [-0.2, 0) is 6.42 Å². The van der Waals surface area contributed by atoms with Crippen molar-refractivity contribution in [1.29, 1.82) is 0 Å². The molecule has 1 fully saturated rings. The lowest BCUT2D eigenvalue weighted by molar-refractivity contribution is 0.204. The van der Waals surface area contributed by atoms with Gasteiger partial charge in [0.15, 0.2) is 0 Å². The van der Waals surface area contributed by atoms with E-state index >= 15 is 0 Å². The topological polar surface area (TPSA) is 41.5 Å². The van der Waals surface area contributed by atoms with E-state index in [4.69, 9.17) is 4.74 Å². The number of methoxy groups -OCH3 is 1. The van der Waals surface area contributed by atoms with Crippen LogP contribution in [-0.4, -0.2) is 31.4 Å². The van der Waals surface area contributed by atoms with Gasteiger partial charge in [-0.3, -0.25) is 0 Å². The second kappa shape index (κ2) is 5.72. The molecule has 0 saturated heterocycles. The number of benzene rings is 1. The molecule has 0 spiro atoms. The molecule has 1 atom stereocenters. The number of nitrogens with one attached hydrogen (secondary N) is 1. The first-order chi connectivity index (χ1) is 8.69. The van der Waals surface area contributed by atoms with Crippen LogP contribution >= 0.6 is 0 Å². The van der Waals surface area contributed by atoms with E-state index in [2.05, 4.69) is 18.3 Å². The van der Waals surface area contributed by atoms with Crippen LogP contribution in [0.25, 0.3) is 0 Å². The van der Waals surface area contributed by atoms with Crippen molar-refractivity contribution in [3.8, 4) is 5.75 Å². The Morgan fingerprint density at radius 1 is 1.39 bits per heavy atom. The lowest BCUT2D eigenvalue weighted by atomic mass is 10.0. The summed E-state index contributed by atoms with van der Waals surface area (Å²) >= 11 is 0. The maximum absolute atomic E-state index is 9.28. The van der Waals surface area contributed by atoms with Crippen molar-refractivity contribution in [2.45, 2.75) is 32.2 Å². The summed E-state index contributed by atoms with van der Waals surface area (Å²) in [7, 11) is 1.71. The highest BCUT2D eigenvalue weighted by Crippen LogP contribution is 2.44. The van der Waals surface area contributed by atoms with Crippen LogP contribution in [0.5, 0.6) is 5.75 Å². The molecule has 0 bridgehead atoms. The number of rotatable bonds is 7. The Morgan fingerprint density at radius 3 is 2.72 bits per heavy atom. The second-order valence-electron chi connectivity index (χ2n) is 5.46. The highest BCUT2D eigenvalue weighted by molar-refractivity contribution is 5.33. The molecule has 0 heterocycles. The highest BCUT2D eigenvalue weighted by Gasteiger charge is 2.41. The summed E-state index contributed by atoms with van der Waals surface area (Å²) in [6.45, 7) is 3.40. The summed E-state index contributed by atoms with van der Waals surface area (Å²) in [5.41, 5.74) is 1.41. The van der Waals surface area contributed by atoms with Crippen LogP contribution < -0.4 is 10.1 Å². The van der Waals surface area contributed by atoms with Crippen LogP contribution in [0.15, 0.2) is 24.3 Å². The first-order valence-electron chi connectivity index (χ1n) is 6.65. The smallest absolute Gasteiger partial charge is 0.122 e. The largest absolute Gasteiger partial charge is 0.496 e. The number of para-hydroxylation sites is 1. The van der Waals surface area contributed by atoms with Crippen molar-refractivity contribution in [1.82, 2.24) is 5.32 Å². The van der Waals surface area contributed by atoms with Crippen molar-refractivity contribution in [3.05, 3.63) is 29.8 Å². The van der Waals surface area contributed by atoms with Crippen molar-refractivity contribution < 1.29 is 9.84 Å². The molecule has 2 rings (SSSR count). The lowest BCUT2D eigenvalue weighted by Crippen LogP contribution is -2.34. The summed E-state index contributed by atoms with van der Waals surface area (Å²) in [6, 6.07) is 8.53. The van der Waals surface area contributed by atoms with Gasteiger partial charge in [0, 0.05) is 24.6 Å². The standard InChI is InChI=1S/C15H23NO2/c1-12(16-10-15(11-17)7-8-15)9-13-5-3-4-6-14(13)18-2/h3-6,12,16-17H,7-11H2,1-2H3. The fourth-order valence-corrected chi connectivity index (χ4v) is 2.23. The predicted octanol–water partition coefficient (Wildman–Crippen LogP) is 1.99. The SMILES string of the molecule is COc1ccccc1CC(C)NCC1(CO)CC1. The van der Waals surface area contributed by atoms with Gasteiger partial charge in [-0.2, -0.15) is 0 Å². The van der Waals surface area contributed by atoms with Crippen LogP contribution in [0.4, 0.5) is 0 Å². The van der Waals surface area contributed by atoms with Gasteiger partial charge in [0.05, 0.1) is 7.11 Å². The van der Waals surface area contributed by atoms with Crippen molar-refractivity contribution in [3.63, 3.8) is 0 Å². The normalized spacial score (nSPS) is 18.4. The van der Waals surface area contributed by atoms with Gasteiger partial charge in [-0.05, 0) is 37.8 Å². The molecule has 18 heavy (non-hydrogen) atoms. The summed E-state index contributed by atoms with van der Waals surface area (Å²) in [5.74, 6) is 0.953. The molecule has 0 radical (unpaired) electrons. The Kier molecular flexibility index (Phi) is 4.25. The Labute approximate surface area is 109 Å². The van der Waals surface area contributed by atoms with Crippen LogP contribution in [0.2, 0.25) is 0 Å². The van der Waals surface area contributed by atoms with Gasteiger partial charge in [-0.25, -0.2) is 0 Å². The number of ether oxygens (including phenoxy) is 1. The maximum Gasteiger partial charge on any atom is 0.122 e. The van der Waals surface area contributed by atoms with Crippen LogP contribution in [0.1, 0.15) is 25.3 Å². The molecule has 3 heteroatoms. The van der Waals surface area contributed by atoms with E-state index in [1.807, 2.05) is 18.2 Å². The van der Waals surface area contributed by atoms with Crippen LogP contribution in [0, 0.1) is 5.41 Å². The third-order valence-electron chi connectivity index (χ3n) is 3.84. The van der Waals surface area contributed by atoms with E-state index in [1.54, 1.807) is 7.11 Å². The Bertz CT molecular complexity index is 388. The molecule has 2 N–H and O–H groups in total. The molecule has 1 aromatic rings. The zero-order valence-corrected chi connectivity index (χ0v) is 11.3. The van der Waals surface area contributed by atoms with Crippen molar-refractivity contribution in [2.24, 2.45) is 5.41 Å². The van der Waals surface area contributed by atoms with Gasteiger partial charge in [0.25, 0.3) is 0 Å². The van der Waals surface area contributed by atoms with Crippen LogP contribution in [0.3, 0.4) is 0 Å². The average molecular weight is 249 g/mol. The molecule has 100 valence electrons. The van der Waals surface area contributed by atoms with E-state index < -0.39 is 0 Å².